The van der Waals surface area contributed by atoms with Crippen molar-refractivity contribution in [1.29, 1.82) is 0 Å². The van der Waals surface area contributed by atoms with Crippen molar-refractivity contribution in [3.8, 4) is 11.6 Å². The van der Waals surface area contributed by atoms with Crippen molar-refractivity contribution in [2.45, 2.75) is 51.0 Å². The van der Waals surface area contributed by atoms with E-state index in [1.165, 1.54) is 0 Å². The minimum Gasteiger partial charge on any atom is -0.497 e. The Kier molecular flexibility index (Phi) is 6.54. The molecule has 2 aromatic rings. The first kappa shape index (κ1) is 23.5. The van der Waals surface area contributed by atoms with Crippen molar-refractivity contribution < 1.29 is 24.2 Å². The van der Waals surface area contributed by atoms with Gasteiger partial charge in [0.05, 0.1) is 25.0 Å². The van der Waals surface area contributed by atoms with Crippen LogP contribution < -0.4 is 14.4 Å². The molecule has 0 radical (unpaired) electrons. The molecule has 1 amide bonds. The van der Waals surface area contributed by atoms with Crippen molar-refractivity contribution in [1.82, 2.24) is 9.88 Å². The molecule has 2 fully saturated rings. The molecule has 1 saturated heterocycles. The molecular weight excluding hydrogens is 446 g/mol. The summed E-state index contributed by atoms with van der Waals surface area (Å²) in [5, 5.41) is 9.10. The SMILES string of the molecule is COc1cc2c(c(N3CCC(COc4nccc(CCC(=O)O)c4C4CC4)CC3)c1)C(=O)N(C)C2. The standard InChI is InChI=1S/C27H33N3O5/c1-29-15-20-13-21(34-2)14-22(25(20)27(29)33)30-11-8-17(9-12-30)16-35-26-24(18-3-4-18)19(7-10-28-26)5-6-23(31)32/h7,10,13-14,17-18H,3-6,8-9,11-12,15-16H2,1-2H3,(H,31,32). The fourth-order valence-electron chi connectivity index (χ4n) is 5.33. The summed E-state index contributed by atoms with van der Waals surface area (Å²) < 4.78 is 11.8. The lowest BCUT2D eigenvalue weighted by Crippen LogP contribution is -2.36. The van der Waals surface area contributed by atoms with Gasteiger partial charge in [-0.15, -0.1) is 0 Å². The van der Waals surface area contributed by atoms with Gasteiger partial charge in [0.2, 0.25) is 5.88 Å². The van der Waals surface area contributed by atoms with E-state index in [-0.39, 0.29) is 12.3 Å². The third kappa shape index (κ3) is 4.92. The van der Waals surface area contributed by atoms with Crippen LogP contribution in [0, 0.1) is 5.92 Å². The Labute approximate surface area is 205 Å². The fourth-order valence-corrected chi connectivity index (χ4v) is 5.33. The number of hydrogen-bond donors (Lipinski definition) is 1. The van der Waals surface area contributed by atoms with Crippen LogP contribution in [0.25, 0.3) is 0 Å². The van der Waals surface area contributed by atoms with Crippen molar-refractivity contribution in [3.63, 3.8) is 0 Å². The lowest BCUT2D eigenvalue weighted by atomic mass is 9.96. The second-order valence-corrected chi connectivity index (χ2v) is 9.94. The second kappa shape index (κ2) is 9.76. The maximum absolute atomic E-state index is 12.8. The van der Waals surface area contributed by atoms with Crippen LogP contribution in [0.15, 0.2) is 24.4 Å². The minimum absolute atomic E-state index is 0.0737. The van der Waals surface area contributed by atoms with E-state index in [2.05, 4.69) is 9.88 Å². The molecule has 8 heteroatoms. The van der Waals surface area contributed by atoms with Gasteiger partial charge in [-0.3, -0.25) is 9.59 Å². The van der Waals surface area contributed by atoms with E-state index in [1.807, 2.05) is 25.2 Å². The Morgan fingerprint density at radius 1 is 1.20 bits per heavy atom. The van der Waals surface area contributed by atoms with Gasteiger partial charge < -0.3 is 24.4 Å². The van der Waals surface area contributed by atoms with E-state index in [4.69, 9.17) is 14.6 Å². The average molecular weight is 480 g/mol. The maximum atomic E-state index is 12.8. The number of pyridine rings is 1. The molecule has 8 nitrogen and oxygen atoms in total. The zero-order valence-electron chi connectivity index (χ0n) is 20.5. The summed E-state index contributed by atoms with van der Waals surface area (Å²) in [4.78, 5) is 32.4. The van der Waals surface area contributed by atoms with Gasteiger partial charge in [-0.1, -0.05) is 0 Å². The average Bonchev–Trinajstić information content (AvgIpc) is 3.66. The predicted molar refractivity (Wildman–Crippen MR) is 131 cm³/mol. The molecule has 0 spiro atoms. The number of carboxylic acid groups (broad SMARTS) is 1. The third-order valence-electron chi connectivity index (χ3n) is 7.43. The molecule has 0 unspecified atom stereocenters. The molecule has 3 heterocycles. The maximum Gasteiger partial charge on any atom is 0.303 e. The highest BCUT2D eigenvalue weighted by atomic mass is 16.5. The number of carboxylic acids is 1. The Bertz CT molecular complexity index is 1120. The van der Waals surface area contributed by atoms with Gasteiger partial charge in [0, 0.05) is 50.9 Å². The van der Waals surface area contributed by atoms with Crippen LogP contribution in [0.1, 0.15) is 65.1 Å². The summed E-state index contributed by atoms with van der Waals surface area (Å²) in [7, 11) is 3.50. The Balaban J connectivity index is 1.24. The van der Waals surface area contributed by atoms with Gasteiger partial charge in [-0.05, 0) is 67.2 Å². The Morgan fingerprint density at radius 3 is 2.66 bits per heavy atom. The number of piperidine rings is 1. The molecule has 2 aliphatic heterocycles. The van der Waals surface area contributed by atoms with E-state index < -0.39 is 5.97 Å². The van der Waals surface area contributed by atoms with Crippen molar-refractivity contribution >= 4 is 17.6 Å². The highest BCUT2D eigenvalue weighted by Gasteiger charge is 2.33. The van der Waals surface area contributed by atoms with E-state index >= 15 is 0 Å². The molecule has 0 atom stereocenters. The lowest BCUT2D eigenvalue weighted by Gasteiger charge is -2.34. The summed E-state index contributed by atoms with van der Waals surface area (Å²) in [5.74, 6) is 1.60. The number of aliphatic carboxylic acids is 1. The van der Waals surface area contributed by atoms with Crippen LogP contribution >= 0.6 is 0 Å². The van der Waals surface area contributed by atoms with Gasteiger partial charge >= 0.3 is 5.97 Å². The number of methoxy groups -OCH3 is 1. The van der Waals surface area contributed by atoms with Crippen molar-refractivity contribution in [3.05, 3.63) is 46.6 Å². The number of carbonyl (C=O) groups is 2. The number of ether oxygens (including phenoxy) is 2. The number of aromatic nitrogens is 1. The quantitative estimate of drug-likeness (QED) is 0.584. The minimum atomic E-state index is -0.784. The van der Waals surface area contributed by atoms with E-state index in [9.17, 15) is 9.59 Å². The molecule has 0 bridgehead atoms. The van der Waals surface area contributed by atoms with Crippen LogP contribution in [-0.4, -0.2) is 60.7 Å². The molecule has 1 aromatic carbocycles. The van der Waals surface area contributed by atoms with Crippen LogP contribution in [-0.2, 0) is 17.8 Å². The zero-order valence-corrected chi connectivity index (χ0v) is 20.5. The first-order chi connectivity index (χ1) is 16.9. The number of aryl methyl sites for hydroxylation is 1. The van der Waals surface area contributed by atoms with Crippen LogP contribution in [0.4, 0.5) is 5.69 Å². The first-order valence-electron chi connectivity index (χ1n) is 12.5. The lowest BCUT2D eigenvalue weighted by molar-refractivity contribution is -0.136. The number of benzene rings is 1. The predicted octanol–water partition coefficient (Wildman–Crippen LogP) is 3.87. The number of amides is 1. The van der Waals surface area contributed by atoms with E-state index in [1.54, 1.807) is 18.2 Å². The highest BCUT2D eigenvalue weighted by molar-refractivity contribution is 6.04. The smallest absolute Gasteiger partial charge is 0.303 e. The van der Waals surface area contributed by atoms with Gasteiger partial charge in [-0.2, -0.15) is 0 Å². The first-order valence-corrected chi connectivity index (χ1v) is 12.5. The molecular formula is C27H33N3O5. The summed E-state index contributed by atoms with van der Waals surface area (Å²) >= 11 is 0. The number of carbonyl (C=O) groups excluding carboxylic acids is 1. The molecule has 3 aliphatic rings. The van der Waals surface area contributed by atoms with Crippen LogP contribution in [0.2, 0.25) is 0 Å². The molecule has 1 N–H and O–H groups in total. The Hall–Kier alpha value is -3.29. The largest absolute Gasteiger partial charge is 0.497 e. The van der Waals surface area contributed by atoms with Gasteiger partial charge in [0.1, 0.15) is 5.75 Å². The number of rotatable bonds is 9. The summed E-state index contributed by atoms with van der Waals surface area (Å²) in [5.41, 5.74) is 4.96. The van der Waals surface area contributed by atoms with Gasteiger partial charge in [-0.25, -0.2) is 4.98 Å². The van der Waals surface area contributed by atoms with E-state index in [0.29, 0.717) is 37.3 Å². The van der Waals surface area contributed by atoms with Crippen molar-refractivity contribution in [2.24, 2.45) is 5.92 Å². The topological polar surface area (TPSA) is 92.2 Å². The summed E-state index contributed by atoms with van der Waals surface area (Å²) in [6.07, 6.45) is 6.52. The second-order valence-electron chi connectivity index (χ2n) is 9.94. The number of nitrogens with zero attached hydrogens (tertiary/aromatic N) is 3. The highest BCUT2D eigenvalue weighted by Crippen LogP contribution is 2.46. The molecule has 1 aliphatic carbocycles. The Morgan fingerprint density at radius 2 is 1.97 bits per heavy atom. The molecule has 186 valence electrons. The summed E-state index contributed by atoms with van der Waals surface area (Å²) in [6.45, 7) is 2.92. The molecule has 35 heavy (non-hydrogen) atoms. The number of anilines is 1. The normalized spacial score (nSPS) is 18.1. The van der Waals surface area contributed by atoms with Crippen LogP contribution in [0.3, 0.4) is 0 Å². The van der Waals surface area contributed by atoms with Crippen LogP contribution in [0.5, 0.6) is 11.6 Å². The molecule has 5 rings (SSSR count). The van der Waals surface area contributed by atoms with Gasteiger partial charge in [0.25, 0.3) is 5.91 Å². The summed E-state index contributed by atoms with van der Waals surface area (Å²) in [6, 6.07) is 5.89. The third-order valence-corrected chi connectivity index (χ3v) is 7.43. The number of fused-ring (bicyclic) bond motifs is 1. The zero-order chi connectivity index (χ0) is 24.5. The van der Waals surface area contributed by atoms with Gasteiger partial charge in [0.15, 0.2) is 0 Å². The van der Waals surface area contributed by atoms with E-state index in [0.717, 1.165) is 72.5 Å². The molecule has 1 aromatic heterocycles. The van der Waals surface area contributed by atoms with Crippen molar-refractivity contribution in [2.75, 3.05) is 38.8 Å². The number of hydrogen-bond acceptors (Lipinski definition) is 6. The monoisotopic (exact) mass is 479 g/mol. The molecule has 1 saturated carbocycles. The fraction of sp³-hybridized carbons (Fsp3) is 0.519.